The number of hydrogen-bond acceptors (Lipinski definition) is 5. The second-order valence-corrected chi connectivity index (χ2v) is 8.37. The van der Waals surface area contributed by atoms with E-state index in [2.05, 4.69) is 0 Å². The molecule has 0 aromatic heterocycles. The number of hydrogen-bond donors (Lipinski definition) is 2. The van der Waals surface area contributed by atoms with Crippen LogP contribution in [0.2, 0.25) is 5.02 Å². The van der Waals surface area contributed by atoms with Gasteiger partial charge in [-0.05, 0) is 48.7 Å². The normalized spacial score (nSPS) is 21.5. The van der Waals surface area contributed by atoms with Crippen molar-refractivity contribution in [3.63, 3.8) is 0 Å². The summed E-state index contributed by atoms with van der Waals surface area (Å²) in [6, 6.07) is 10.2. The first-order valence-corrected chi connectivity index (χ1v) is 10.7. The molecule has 4 rings (SSSR count). The Morgan fingerprint density at radius 2 is 1.84 bits per heavy atom. The Labute approximate surface area is 185 Å². The number of aromatic hydroxyl groups is 1. The summed E-state index contributed by atoms with van der Waals surface area (Å²) in [6.07, 6.45) is 4.63. The van der Waals surface area contributed by atoms with Crippen molar-refractivity contribution < 1.29 is 24.5 Å². The molecule has 162 valence electrons. The number of carbonyl (C=O) groups is 2. The van der Waals surface area contributed by atoms with Crippen LogP contribution >= 0.6 is 11.6 Å². The molecule has 1 atom stereocenters. The van der Waals surface area contributed by atoms with E-state index in [9.17, 15) is 19.8 Å². The molecule has 7 heteroatoms. The van der Waals surface area contributed by atoms with Gasteiger partial charge in [0.25, 0.3) is 11.7 Å². The van der Waals surface area contributed by atoms with Gasteiger partial charge in [-0.2, -0.15) is 0 Å². The number of aliphatic hydroxyl groups excluding tert-OH is 1. The molecule has 31 heavy (non-hydrogen) atoms. The number of ketones is 1. The number of aliphatic hydroxyl groups is 1. The van der Waals surface area contributed by atoms with E-state index in [-0.39, 0.29) is 28.7 Å². The standard InChI is InChI=1S/C24H24ClNO5/c1-31-19-11-10-15(25)13-18(19)22(28)20-21(14-6-5-9-17(27)12-14)26(24(30)23(20)29)16-7-3-2-4-8-16/h5-6,9-13,16,21,27-28H,2-4,7-8H2,1H3/b22-20+. The SMILES string of the molecule is COc1ccc(Cl)cc1/C(O)=C1\C(=O)C(=O)N(C2CCCCC2)C1c1cccc(O)c1. The first kappa shape index (κ1) is 21.2. The van der Waals surface area contributed by atoms with Crippen LogP contribution in [0.15, 0.2) is 48.0 Å². The molecule has 1 amide bonds. The number of phenols is 1. The lowest BCUT2D eigenvalue weighted by Gasteiger charge is -2.35. The topological polar surface area (TPSA) is 87.1 Å². The van der Waals surface area contributed by atoms with E-state index >= 15 is 0 Å². The van der Waals surface area contributed by atoms with Gasteiger partial charge in [0.1, 0.15) is 17.3 Å². The van der Waals surface area contributed by atoms with Gasteiger partial charge >= 0.3 is 0 Å². The van der Waals surface area contributed by atoms with Crippen molar-refractivity contribution in [2.24, 2.45) is 0 Å². The number of likely N-dealkylation sites (tertiary alicyclic amines) is 1. The maximum Gasteiger partial charge on any atom is 0.295 e. The Hall–Kier alpha value is -2.99. The zero-order valence-corrected chi connectivity index (χ0v) is 17.9. The average Bonchev–Trinajstić information content (AvgIpc) is 3.04. The summed E-state index contributed by atoms with van der Waals surface area (Å²) in [7, 11) is 1.45. The minimum absolute atomic E-state index is 0.0204. The summed E-state index contributed by atoms with van der Waals surface area (Å²) >= 11 is 6.13. The van der Waals surface area contributed by atoms with E-state index in [0.717, 1.165) is 32.1 Å². The molecule has 1 heterocycles. The zero-order chi connectivity index (χ0) is 22.1. The summed E-state index contributed by atoms with van der Waals surface area (Å²) in [4.78, 5) is 27.9. The van der Waals surface area contributed by atoms with Crippen molar-refractivity contribution in [2.75, 3.05) is 7.11 Å². The molecule has 2 aromatic rings. The van der Waals surface area contributed by atoms with Gasteiger partial charge in [-0.3, -0.25) is 9.59 Å². The average molecular weight is 442 g/mol. The smallest absolute Gasteiger partial charge is 0.295 e. The summed E-state index contributed by atoms with van der Waals surface area (Å²) < 4.78 is 5.34. The molecule has 2 aromatic carbocycles. The predicted molar refractivity (Wildman–Crippen MR) is 117 cm³/mol. The second kappa shape index (κ2) is 8.63. The molecule has 2 N–H and O–H groups in total. The summed E-state index contributed by atoms with van der Waals surface area (Å²) in [5, 5.41) is 21.7. The minimum atomic E-state index is -0.807. The van der Waals surface area contributed by atoms with Gasteiger partial charge in [-0.15, -0.1) is 0 Å². The molecule has 1 saturated carbocycles. The van der Waals surface area contributed by atoms with Crippen molar-refractivity contribution in [1.29, 1.82) is 0 Å². The van der Waals surface area contributed by atoms with E-state index < -0.39 is 17.7 Å². The third-order valence-electron chi connectivity index (χ3n) is 6.05. The molecule has 1 unspecified atom stereocenters. The number of methoxy groups -OCH3 is 1. The number of carbonyl (C=O) groups excluding carboxylic acids is 2. The highest BCUT2D eigenvalue weighted by Crippen LogP contribution is 2.44. The van der Waals surface area contributed by atoms with Crippen LogP contribution < -0.4 is 4.74 Å². The van der Waals surface area contributed by atoms with Gasteiger partial charge in [0.15, 0.2) is 0 Å². The molecule has 1 saturated heterocycles. The maximum atomic E-state index is 13.2. The van der Waals surface area contributed by atoms with Crippen molar-refractivity contribution in [1.82, 2.24) is 4.90 Å². The molecular formula is C24H24ClNO5. The molecule has 2 fully saturated rings. The zero-order valence-electron chi connectivity index (χ0n) is 17.2. The fourth-order valence-corrected chi connectivity index (χ4v) is 4.79. The van der Waals surface area contributed by atoms with Crippen molar-refractivity contribution in [3.8, 4) is 11.5 Å². The van der Waals surface area contributed by atoms with Gasteiger partial charge in [0, 0.05) is 11.1 Å². The number of benzene rings is 2. The quantitative estimate of drug-likeness (QED) is 0.404. The molecule has 0 spiro atoms. The predicted octanol–water partition coefficient (Wildman–Crippen LogP) is 4.81. The minimum Gasteiger partial charge on any atom is -0.508 e. The summed E-state index contributed by atoms with van der Waals surface area (Å²) in [5.41, 5.74) is 0.774. The molecule has 6 nitrogen and oxygen atoms in total. The van der Waals surface area contributed by atoms with E-state index in [1.807, 2.05) is 0 Å². The van der Waals surface area contributed by atoms with Gasteiger partial charge in [0.05, 0.1) is 24.3 Å². The van der Waals surface area contributed by atoms with Crippen molar-refractivity contribution in [3.05, 3.63) is 64.2 Å². The van der Waals surface area contributed by atoms with E-state index in [4.69, 9.17) is 16.3 Å². The first-order valence-electron chi connectivity index (χ1n) is 10.4. The monoisotopic (exact) mass is 441 g/mol. The number of phenolic OH excluding ortho intramolecular Hbond substituents is 1. The Bertz CT molecular complexity index is 1060. The van der Waals surface area contributed by atoms with Gasteiger partial charge in [-0.1, -0.05) is 43.0 Å². The fourth-order valence-electron chi connectivity index (χ4n) is 4.62. The van der Waals surface area contributed by atoms with Crippen LogP contribution in [0.3, 0.4) is 0 Å². The van der Waals surface area contributed by atoms with Crippen LogP contribution in [-0.4, -0.2) is 40.0 Å². The molecule has 1 aliphatic carbocycles. The molecule has 0 radical (unpaired) electrons. The lowest BCUT2D eigenvalue weighted by molar-refractivity contribution is -0.141. The summed E-state index contributed by atoms with van der Waals surface area (Å²) in [6.45, 7) is 0. The van der Waals surface area contributed by atoms with E-state index in [0.29, 0.717) is 16.3 Å². The van der Waals surface area contributed by atoms with Crippen LogP contribution in [0.25, 0.3) is 5.76 Å². The van der Waals surface area contributed by atoms with Crippen LogP contribution in [-0.2, 0) is 9.59 Å². The molecule has 2 aliphatic rings. The number of ether oxygens (including phenoxy) is 1. The first-order chi connectivity index (χ1) is 14.9. The van der Waals surface area contributed by atoms with Gasteiger partial charge in [0.2, 0.25) is 0 Å². The number of nitrogens with zero attached hydrogens (tertiary/aromatic N) is 1. The third kappa shape index (κ3) is 3.88. The van der Waals surface area contributed by atoms with E-state index in [1.54, 1.807) is 29.2 Å². The highest BCUT2D eigenvalue weighted by atomic mass is 35.5. The van der Waals surface area contributed by atoms with Gasteiger partial charge in [-0.25, -0.2) is 0 Å². The van der Waals surface area contributed by atoms with Gasteiger partial charge < -0.3 is 19.8 Å². The molecular weight excluding hydrogens is 418 g/mol. The Kier molecular flexibility index (Phi) is 5.92. The van der Waals surface area contributed by atoms with E-state index in [1.165, 1.54) is 25.3 Å². The summed E-state index contributed by atoms with van der Waals surface area (Å²) in [5.74, 6) is -1.38. The van der Waals surface area contributed by atoms with Crippen LogP contribution in [0, 0.1) is 0 Å². The number of rotatable bonds is 4. The Balaban J connectivity index is 1.92. The Morgan fingerprint density at radius 1 is 1.10 bits per heavy atom. The van der Waals surface area contributed by atoms with Crippen LogP contribution in [0.5, 0.6) is 11.5 Å². The van der Waals surface area contributed by atoms with Crippen molar-refractivity contribution >= 4 is 29.1 Å². The van der Waals surface area contributed by atoms with Crippen molar-refractivity contribution in [2.45, 2.75) is 44.2 Å². The number of amides is 1. The third-order valence-corrected chi connectivity index (χ3v) is 6.29. The lowest BCUT2D eigenvalue weighted by atomic mass is 9.91. The lowest BCUT2D eigenvalue weighted by Crippen LogP contribution is -2.40. The number of Topliss-reactive ketones (excluding diaryl/α,β-unsaturated/α-hetero) is 1. The highest BCUT2D eigenvalue weighted by molar-refractivity contribution is 6.46. The fraction of sp³-hybridized carbons (Fsp3) is 0.333. The second-order valence-electron chi connectivity index (χ2n) is 7.94. The molecule has 0 bridgehead atoms. The maximum absolute atomic E-state index is 13.2. The highest BCUT2D eigenvalue weighted by Gasteiger charge is 2.49. The number of halogens is 1. The largest absolute Gasteiger partial charge is 0.508 e. The van der Waals surface area contributed by atoms with Crippen LogP contribution in [0.1, 0.15) is 49.3 Å². The molecule has 1 aliphatic heterocycles. The van der Waals surface area contributed by atoms with Crippen LogP contribution in [0.4, 0.5) is 0 Å². The Morgan fingerprint density at radius 3 is 2.52 bits per heavy atom.